The molecule has 1 amide bonds. The van der Waals surface area contributed by atoms with Crippen molar-refractivity contribution in [1.82, 2.24) is 9.88 Å². The minimum atomic E-state index is -0.473. The van der Waals surface area contributed by atoms with Crippen molar-refractivity contribution >= 4 is 35.3 Å². The quantitative estimate of drug-likeness (QED) is 0.611. The summed E-state index contributed by atoms with van der Waals surface area (Å²) in [6.07, 6.45) is 2.62. The maximum absolute atomic E-state index is 14.5. The Labute approximate surface area is 193 Å². The third kappa shape index (κ3) is 4.94. The van der Waals surface area contributed by atoms with Gasteiger partial charge in [-0.05, 0) is 44.9 Å². The average molecular weight is 466 g/mol. The van der Waals surface area contributed by atoms with Crippen LogP contribution in [0, 0.1) is 12.7 Å². The SMILES string of the molecule is CC(C)=C1OC2(CCN(CCc3scnc3C)CC2)CN(c2ccccc2F)C1=O.Cl. The van der Waals surface area contributed by atoms with E-state index in [1.165, 1.54) is 10.9 Å². The first-order chi connectivity index (χ1) is 14.4. The second-order valence-corrected chi connectivity index (χ2v) is 9.35. The van der Waals surface area contributed by atoms with Crippen LogP contribution >= 0.6 is 23.7 Å². The first-order valence-electron chi connectivity index (χ1n) is 10.4. The van der Waals surface area contributed by atoms with Crippen LogP contribution in [0.15, 0.2) is 41.1 Å². The van der Waals surface area contributed by atoms with Gasteiger partial charge in [-0.3, -0.25) is 9.69 Å². The molecule has 0 aliphatic carbocycles. The topological polar surface area (TPSA) is 45.7 Å². The Balaban J connectivity index is 0.00000272. The first kappa shape index (κ1) is 23.7. The highest BCUT2D eigenvalue weighted by atomic mass is 35.5. The molecule has 2 aliphatic heterocycles. The maximum Gasteiger partial charge on any atom is 0.293 e. The number of benzene rings is 1. The van der Waals surface area contributed by atoms with Crippen molar-refractivity contribution in [1.29, 1.82) is 0 Å². The monoisotopic (exact) mass is 465 g/mol. The fourth-order valence-electron chi connectivity index (χ4n) is 4.23. The molecule has 31 heavy (non-hydrogen) atoms. The van der Waals surface area contributed by atoms with Crippen LogP contribution in [0.25, 0.3) is 0 Å². The number of halogens is 2. The molecule has 1 aromatic carbocycles. The van der Waals surface area contributed by atoms with E-state index in [9.17, 15) is 9.18 Å². The number of carbonyl (C=O) groups excluding carboxylic acids is 1. The number of hydrogen-bond donors (Lipinski definition) is 0. The summed E-state index contributed by atoms with van der Waals surface area (Å²) in [5.41, 5.74) is 3.70. The van der Waals surface area contributed by atoms with Gasteiger partial charge in [0.25, 0.3) is 5.91 Å². The van der Waals surface area contributed by atoms with Gasteiger partial charge in [0, 0.05) is 37.4 Å². The molecule has 3 heterocycles. The van der Waals surface area contributed by atoms with Crippen LogP contribution in [-0.4, -0.2) is 47.6 Å². The van der Waals surface area contributed by atoms with E-state index in [-0.39, 0.29) is 24.1 Å². The molecule has 0 N–H and O–H groups in total. The number of anilines is 1. The highest BCUT2D eigenvalue weighted by Gasteiger charge is 2.46. The van der Waals surface area contributed by atoms with Gasteiger partial charge in [0.15, 0.2) is 5.76 Å². The molecule has 2 saturated heterocycles. The number of nitrogens with zero attached hydrogens (tertiary/aromatic N) is 3. The van der Waals surface area contributed by atoms with Crippen LogP contribution in [0.3, 0.4) is 0 Å². The van der Waals surface area contributed by atoms with E-state index in [0.29, 0.717) is 18.0 Å². The number of aryl methyl sites for hydroxylation is 1. The Morgan fingerprint density at radius 3 is 2.58 bits per heavy atom. The molecule has 8 heteroatoms. The molecule has 0 bridgehead atoms. The predicted molar refractivity (Wildman–Crippen MR) is 124 cm³/mol. The summed E-state index contributed by atoms with van der Waals surface area (Å²) < 4.78 is 20.8. The number of morpholine rings is 1. The lowest BCUT2D eigenvalue weighted by molar-refractivity contribution is -0.132. The summed E-state index contributed by atoms with van der Waals surface area (Å²) in [7, 11) is 0. The third-order valence-corrected chi connectivity index (χ3v) is 7.06. The van der Waals surface area contributed by atoms with Gasteiger partial charge in [0.05, 0.1) is 23.4 Å². The molecule has 1 aromatic heterocycles. The van der Waals surface area contributed by atoms with Gasteiger partial charge in [-0.2, -0.15) is 0 Å². The molecule has 4 rings (SSSR count). The highest BCUT2D eigenvalue weighted by molar-refractivity contribution is 7.09. The van der Waals surface area contributed by atoms with Crippen LogP contribution in [0.4, 0.5) is 10.1 Å². The number of amides is 1. The summed E-state index contributed by atoms with van der Waals surface area (Å²) in [6, 6.07) is 6.48. The van der Waals surface area contributed by atoms with Gasteiger partial charge < -0.3 is 9.64 Å². The van der Waals surface area contributed by atoms with E-state index in [4.69, 9.17) is 4.74 Å². The van der Waals surface area contributed by atoms with E-state index in [0.717, 1.165) is 50.2 Å². The van der Waals surface area contributed by atoms with Crippen molar-refractivity contribution < 1.29 is 13.9 Å². The Morgan fingerprint density at radius 2 is 1.97 bits per heavy atom. The standard InChI is InChI=1S/C23H28FN3O2S.ClH/c1-16(2)21-22(28)27(19-7-5-4-6-18(19)24)14-23(29-21)9-12-26(13-10-23)11-8-20-17(3)25-15-30-20;/h4-7,15H,8-14H2,1-3H3;1H. The number of carbonyl (C=O) groups is 1. The van der Waals surface area contributed by atoms with Gasteiger partial charge in [-0.15, -0.1) is 23.7 Å². The van der Waals surface area contributed by atoms with E-state index in [1.807, 2.05) is 19.4 Å². The number of rotatable bonds is 4. The van der Waals surface area contributed by atoms with Gasteiger partial charge in [-0.25, -0.2) is 9.37 Å². The number of para-hydroxylation sites is 1. The van der Waals surface area contributed by atoms with E-state index < -0.39 is 5.60 Å². The lowest BCUT2D eigenvalue weighted by Gasteiger charge is -2.48. The van der Waals surface area contributed by atoms with Gasteiger partial charge in [0.1, 0.15) is 11.4 Å². The van der Waals surface area contributed by atoms with Crippen LogP contribution < -0.4 is 4.90 Å². The van der Waals surface area contributed by atoms with Crippen LogP contribution in [0.1, 0.15) is 37.3 Å². The zero-order valence-corrected chi connectivity index (χ0v) is 19.8. The third-order valence-electron chi connectivity index (χ3n) is 6.07. The minimum absolute atomic E-state index is 0. The predicted octanol–water partition coefficient (Wildman–Crippen LogP) is 4.75. The lowest BCUT2D eigenvalue weighted by atomic mass is 9.88. The smallest absolute Gasteiger partial charge is 0.293 e. The second-order valence-electron chi connectivity index (χ2n) is 8.41. The Morgan fingerprint density at radius 1 is 1.26 bits per heavy atom. The molecule has 168 valence electrons. The number of aromatic nitrogens is 1. The van der Waals surface area contributed by atoms with E-state index in [2.05, 4.69) is 16.8 Å². The molecule has 5 nitrogen and oxygen atoms in total. The van der Waals surface area contributed by atoms with Crippen LogP contribution in [-0.2, 0) is 16.0 Å². The normalized spacial score (nSPS) is 18.6. The van der Waals surface area contributed by atoms with Crippen molar-refractivity contribution in [2.45, 2.75) is 45.6 Å². The van der Waals surface area contributed by atoms with Crippen LogP contribution in [0.5, 0.6) is 0 Å². The lowest BCUT2D eigenvalue weighted by Crippen LogP contribution is -2.58. The molecular weight excluding hydrogens is 437 g/mol. The molecule has 0 unspecified atom stereocenters. The molecule has 2 aliphatic rings. The molecule has 0 saturated carbocycles. The fraction of sp³-hybridized carbons (Fsp3) is 0.478. The summed E-state index contributed by atoms with van der Waals surface area (Å²) in [5.74, 6) is -0.277. The van der Waals surface area contributed by atoms with Crippen molar-refractivity contribution in [3.63, 3.8) is 0 Å². The van der Waals surface area contributed by atoms with Crippen molar-refractivity contribution in [2.24, 2.45) is 0 Å². The fourth-order valence-corrected chi connectivity index (χ4v) is 5.00. The minimum Gasteiger partial charge on any atom is -0.480 e. The second kappa shape index (κ2) is 9.67. The van der Waals surface area contributed by atoms with Gasteiger partial charge in [-0.1, -0.05) is 12.1 Å². The number of piperidine rings is 1. The largest absolute Gasteiger partial charge is 0.480 e. The number of hydrogen-bond acceptors (Lipinski definition) is 5. The zero-order valence-electron chi connectivity index (χ0n) is 18.2. The van der Waals surface area contributed by atoms with Gasteiger partial charge in [0.2, 0.25) is 0 Å². The van der Waals surface area contributed by atoms with E-state index in [1.54, 1.807) is 34.4 Å². The molecule has 0 radical (unpaired) electrons. The van der Waals surface area contributed by atoms with Crippen molar-refractivity contribution in [3.8, 4) is 0 Å². The molecular formula is C23H29ClFN3O2S. The van der Waals surface area contributed by atoms with Crippen molar-refractivity contribution in [3.05, 3.63) is 57.5 Å². The molecule has 2 fully saturated rings. The molecule has 2 aromatic rings. The van der Waals surface area contributed by atoms with Crippen LogP contribution in [0.2, 0.25) is 0 Å². The Bertz CT molecular complexity index is 965. The zero-order chi connectivity index (χ0) is 21.3. The maximum atomic E-state index is 14.5. The summed E-state index contributed by atoms with van der Waals surface area (Å²) in [6.45, 7) is 8.97. The Hall–Kier alpha value is -1.96. The molecule has 1 spiro atoms. The Kier molecular flexibility index (Phi) is 7.39. The van der Waals surface area contributed by atoms with Crippen molar-refractivity contribution in [2.75, 3.05) is 31.1 Å². The summed E-state index contributed by atoms with van der Waals surface area (Å²) >= 11 is 1.71. The summed E-state index contributed by atoms with van der Waals surface area (Å²) in [4.78, 5) is 22.7. The first-order valence-corrected chi connectivity index (χ1v) is 11.3. The average Bonchev–Trinajstić information content (AvgIpc) is 3.14. The number of likely N-dealkylation sites (tertiary alicyclic amines) is 1. The summed E-state index contributed by atoms with van der Waals surface area (Å²) in [5, 5.41) is 0. The van der Waals surface area contributed by atoms with Gasteiger partial charge >= 0.3 is 0 Å². The van der Waals surface area contributed by atoms with E-state index >= 15 is 0 Å². The highest BCUT2D eigenvalue weighted by Crippen LogP contribution is 2.38. The number of thiazole rings is 1. The molecule has 0 atom stereocenters. The number of allylic oxidation sites excluding steroid dienone is 1. The number of ether oxygens (including phenoxy) is 1.